The third-order valence-electron chi connectivity index (χ3n) is 1.20. The molecule has 0 heterocycles. The second-order valence-electron chi connectivity index (χ2n) is 2.43. The zero-order valence-corrected chi connectivity index (χ0v) is 6.66. The van der Waals surface area contributed by atoms with Crippen molar-refractivity contribution < 1.29 is 9.63 Å². The molecule has 0 saturated heterocycles. The van der Waals surface area contributed by atoms with E-state index in [1.165, 1.54) is 0 Å². The van der Waals surface area contributed by atoms with E-state index in [1.807, 2.05) is 6.92 Å². The minimum Gasteiger partial charge on any atom is -0.388 e. The SMILES string of the molecule is CC(OP)C(C)(C)O. The predicted octanol–water partition coefficient (Wildman–Crippen LogP) is 0.952. The van der Waals surface area contributed by atoms with Crippen molar-refractivity contribution in [3.8, 4) is 0 Å². The molecule has 2 atom stereocenters. The van der Waals surface area contributed by atoms with E-state index in [0.29, 0.717) is 0 Å². The second-order valence-corrected chi connectivity index (χ2v) is 2.70. The van der Waals surface area contributed by atoms with Crippen LogP contribution >= 0.6 is 9.47 Å². The quantitative estimate of drug-likeness (QED) is 0.573. The van der Waals surface area contributed by atoms with Crippen molar-refractivity contribution >= 4 is 9.47 Å². The molecule has 0 aliphatic carbocycles. The van der Waals surface area contributed by atoms with Crippen LogP contribution in [0.2, 0.25) is 0 Å². The van der Waals surface area contributed by atoms with Crippen LogP contribution in [0.5, 0.6) is 0 Å². The molecule has 0 amide bonds. The minimum absolute atomic E-state index is 0.132. The summed E-state index contributed by atoms with van der Waals surface area (Å²) >= 11 is 0. The fourth-order valence-corrected chi connectivity index (χ4v) is 0.500. The van der Waals surface area contributed by atoms with Gasteiger partial charge >= 0.3 is 0 Å². The molecule has 3 heteroatoms. The normalized spacial score (nSPS) is 16.1. The summed E-state index contributed by atoms with van der Waals surface area (Å²) in [4.78, 5) is 0. The fourth-order valence-electron chi connectivity index (χ4n) is 0.167. The van der Waals surface area contributed by atoms with E-state index in [2.05, 4.69) is 9.47 Å². The van der Waals surface area contributed by atoms with Crippen LogP contribution in [0.4, 0.5) is 0 Å². The van der Waals surface area contributed by atoms with Crippen LogP contribution in [0.3, 0.4) is 0 Å². The van der Waals surface area contributed by atoms with Gasteiger partial charge in [0, 0.05) is 9.47 Å². The standard InChI is InChI=1S/C5H13O2P/c1-4(7-8)5(2,3)6/h4,6H,8H2,1-3H3. The Hall–Kier alpha value is 0.350. The largest absolute Gasteiger partial charge is 0.388 e. The lowest BCUT2D eigenvalue weighted by Crippen LogP contribution is -2.33. The van der Waals surface area contributed by atoms with E-state index in [1.54, 1.807) is 13.8 Å². The van der Waals surface area contributed by atoms with Crippen LogP contribution in [0, 0.1) is 0 Å². The molecule has 0 aromatic heterocycles. The molecule has 0 aliphatic rings. The summed E-state index contributed by atoms with van der Waals surface area (Å²) < 4.78 is 4.78. The molecule has 0 saturated carbocycles. The molecule has 0 radical (unpaired) electrons. The molecule has 0 fully saturated rings. The van der Waals surface area contributed by atoms with Gasteiger partial charge in [-0.1, -0.05) is 0 Å². The fraction of sp³-hybridized carbons (Fsp3) is 1.00. The van der Waals surface area contributed by atoms with Gasteiger partial charge in [-0.2, -0.15) is 0 Å². The molecule has 8 heavy (non-hydrogen) atoms. The van der Waals surface area contributed by atoms with Gasteiger partial charge in [0.25, 0.3) is 0 Å². The summed E-state index contributed by atoms with van der Waals surface area (Å²) in [6.45, 7) is 5.23. The van der Waals surface area contributed by atoms with Gasteiger partial charge in [0.15, 0.2) is 0 Å². The van der Waals surface area contributed by atoms with Crippen LogP contribution in [0.1, 0.15) is 20.8 Å². The van der Waals surface area contributed by atoms with E-state index in [0.717, 1.165) is 0 Å². The minimum atomic E-state index is -0.734. The Morgan fingerprint density at radius 3 is 2.00 bits per heavy atom. The van der Waals surface area contributed by atoms with E-state index in [-0.39, 0.29) is 6.10 Å². The van der Waals surface area contributed by atoms with Gasteiger partial charge in [0.05, 0.1) is 11.7 Å². The third kappa shape index (κ3) is 2.61. The lowest BCUT2D eigenvalue weighted by molar-refractivity contribution is -0.0160. The van der Waals surface area contributed by atoms with E-state index in [4.69, 9.17) is 9.63 Å². The molecular formula is C5H13O2P. The van der Waals surface area contributed by atoms with E-state index < -0.39 is 5.60 Å². The average Bonchev–Trinajstić information content (AvgIpc) is 1.62. The Bertz CT molecular complexity index is 67.3. The first-order valence-corrected chi connectivity index (χ1v) is 3.03. The molecule has 0 aromatic carbocycles. The molecule has 2 unspecified atom stereocenters. The summed E-state index contributed by atoms with van der Waals surface area (Å²) in [5.74, 6) is 0. The highest BCUT2D eigenvalue weighted by Crippen LogP contribution is 2.13. The lowest BCUT2D eigenvalue weighted by Gasteiger charge is -2.23. The average molecular weight is 136 g/mol. The van der Waals surface area contributed by atoms with Gasteiger partial charge in [-0.3, -0.25) is 0 Å². The Morgan fingerprint density at radius 2 is 2.00 bits per heavy atom. The highest BCUT2D eigenvalue weighted by molar-refractivity contribution is 7.09. The molecule has 0 bridgehead atoms. The molecule has 0 rings (SSSR count). The van der Waals surface area contributed by atoms with Gasteiger partial charge in [-0.15, -0.1) is 0 Å². The first kappa shape index (κ1) is 8.35. The molecular weight excluding hydrogens is 123 g/mol. The Kier molecular flexibility index (Phi) is 2.89. The van der Waals surface area contributed by atoms with Crippen molar-refractivity contribution in [3.63, 3.8) is 0 Å². The summed E-state index contributed by atoms with van der Waals surface area (Å²) in [7, 11) is 2.12. The number of hydrogen-bond donors (Lipinski definition) is 1. The predicted molar refractivity (Wildman–Crippen MR) is 36.6 cm³/mol. The molecule has 2 nitrogen and oxygen atoms in total. The van der Waals surface area contributed by atoms with E-state index in [9.17, 15) is 0 Å². The van der Waals surface area contributed by atoms with Crippen molar-refractivity contribution in [2.75, 3.05) is 0 Å². The Morgan fingerprint density at radius 1 is 1.62 bits per heavy atom. The molecule has 0 spiro atoms. The highest BCUT2D eigenvalue weighted by atomic mass is 31.0. The van der Waals surface area contributed by atoms with Crippen LogP contribution in [0.15, 0.2) is 0 Å². The summed E-state index contributed by atoms with van der Waals surface area (Å²) in [5, 5.41) is 9.15. The molecule has 0 aromatic rings. The third-order valence-corrected chi connectivity index (χ3v) is 1.61. The van der Waals surface area contributed by atoms with Crippen molar-refractivity contribution in [1.29, 1.82) is 0 Å². The molecule has 0 aliphatic heterocycles. The number of rotatable bonds is 2. The van der Waals surface area contributed by atoms with Gasteiger partial charge in [-0.05, 0) is 20.8 Å². The first-order chi connectivity index (χ1) is 3.48. The van der Waals surface area contributed by atoms with Crippen molar-refractivity contribution in [2.24, 2.45) is 0 Å². The maximum atomic E-state index is 9.15. The topological polar surface area (TPSA) is 29.5 Å². The van der Waals surface area contributed by atoms with Crippen molar-refractivity contribution in [1.82, 2.24) is 0 Å². The second kappa shape index (κ2) is 2.77. The van der Waals surface area contributed by atoms with Crippen LogP contribution < -0.4 is 0 Å². The monoisotopic (exact) mass is 136 g/mol. The molecule has 1 N–H and O–H groups in total. The summed E-state index contributed by atoms with van der Waals surface area (Å²) in [6, 6.07) is 0. The van der Waals surface area contributed by atoms with Gasteiger partial charge in [0.2, 0.25) is 0 Å². The maximum absolute atomic E-state index is 9.15. The smallest absolute Gasteiger partial charge is 0.0864 e. The summed E-state index contributed by atoms with van der Waals surface area (Å²) in [6.07, 6.45) is -0.132. The van der Waals surface area contributed by atoms with E-state index >= 15 is 0 Å². The number of aliphatic hydroxyl groups is 1. The zero-order valence-electron chi connectivity index (χ0n) is 5.51. The van der Waals surface area contributed by atoms with Crippen LogP contribution in [-0.2, 0) is 4.52 Å². The Balaban J connectivity index is 3.62. The maximum Gasteiger partial charge on any atom is 0.0864 e. The van der Waals surface area contributed by atoms with Gasteiger partial charge < -0.3 is 9.63 Å². The first-order valence-electron chi connectivity index (χ1n) is 2.56. The van der Waals surface area contributed by atoms with Crippen LogP contribution in [0.25, 0.3) is 0 Å². The highest BCUT2D eigenvalue weighted by Gasteiger charge is 2.21. The van der Waals surface area contributed by atoms with Gasteiger partial charge in [0.1, 0.15) is 0 Å². The van der Waals surface area contributed by atoms with Crippen LogP contribution in [-0.4, -0.2) is 16.8 Å². The molecule has 50 valence electrons. The number of hydrogen-bond acceptors (Lipinski definition) is 2. The van der Waals surface area contributed by atoms with Crippen molar-refractivity contribution in [3.05, 3.63) is 0 Å². The lowest BCUT2D eigenvalue weighted by atomic mass is 10.0. The zero-order chi connectivity index (χ0) is 6.78. The Labute approximate surface area is 52.5 Å². The van der Waals surface area contributed by atoms with Gasteiger partial charge in [-0.25, -0.2) is 0 Å². The summed E-state index contributed by atoms with van der Waals surface area (Å²) in [5.41, 5.74) is -0.734. The van der Waals surface area contributed by atoms with Crippen molar-refractivity contribution in [2.45, 2.75) is 32.5 Å².